The molecule has 2 heterocycles. The molecule has 0 radical (unpaired) electrons. The smallest absolute Gasteiger partial charge is 0.0947 e. The van der Waals surface area contributed by atoms with Gasteiger partial charge < -0.3 is 9.52 Å². The van der Waals surface area contributed by atoms with Crippen molar-refractivity contribution in [3.05, 3.63) is 24.2 Å². The fourth-order valence-electron chi connectivity index (χ4n) is 2.54. The lowest BCUT2D eigenvalue weighted by Crippen LogP contribution is -2.45. The highest BCUT2D eigenvalue weighted by Gasteiger charge is 2.27. The second-order valence-corrected chi connectivity index (χ2v) is 4.64. The number of piperidine rings is 1. The summed E-state index contributed by atoms with van der Waals surface area (Å²) in [6.45, 7) is 4.04. The van der Waals surface area contributed by atoms with Crippen LogP contribution in [0, 0.1) is 0 Å². The molecule has 1 saturated heterocycles. The van der Waals surface area contributed by atoms with E-state index in [9.17, 15) is 5.11 Å². The van der Waals surface area contributed by atoms with Gasteiger partial charge >= 0.3 is 0 Å². The Balaban J connectivity index is 1.99. The minimum atomic E-state index is -0.188. The average molecular weight is 223 g/mol. The summed E-state index contributed by atoms with van der Waals surface area (Å²) in [5.41, 5.74) is 1.20. The molecule has 3 nitrogen and oxygen atoms in total. The van der Waals surface area contributed by atoms with Crippen LogP contribution in [0.15, 0.2) is 23.0 Å². The average Bonchev–Trinajstić information content (AvgIpc) is 2.82. The number of furan rings is 1. The first-order valence-corrected chi connectivity index (χ1v) is 6.24. The summed E-state index contributed by atoms with van der Waals surface area (Å²) in [6, 6.07) is 2.33. The minimum Gasteiger partial charge on any atom is -0.472 e. The van der Waals surface area contributed by atoms with E-state index in [0.717, 1.165) is 25.9 Å². The van der Waals surface area contributed by atoms with E-state index < -0.39 is 0 Å². The number of rotatable bonds is 4. The Hall–Kier alpha value is -0.800. The van der Waals surface area contributed by atoms with Gasteiger partial charge in [-0.05, 0) is 31.9 Å². The molecule has 2 atom stereocenters. The molecule has 0 amide bonds. The monoisotopic (exact) mass is 223 g/mol. The molecule has 1 aliphatic rings. The van der Waals surface area contributed by atoms with Gasteiger partial charge in [0.25, 0.3) is 0 Å². The Labute approximate surface area is 97.1 Å². The van der Waals surface area contributed by atoms with Crippen molar-refractivity contribution >= 4 is 0 Å². The van der Waals surface area contributed by atoms with Crippen molar-refractivity contribution in [1.82, 2.24) is 4.90 Å². The molecule has 1 fully saturated rings. The maximum atomic E-state index is 10.0. The van der Waals surface area contributed by atoms with Crippen molar-refractivity contribution in [2.75, 3.05) is 6.54 Å². The summed E-state index contributed by atoms with van der Waals surface area (Å²) in [4.78, 5) is 2.39. The molecule has 2 unspecified atom stereocenters. The van der Waals surface area contributed by atoms with Crippen LogP contribution in [0.1, 0.15) is 38.2 Å². The highest BCUT2D eigenvalue weighted by molar-refractivity contribution is 5.05. The number of hydrogen-bond donors (Lipinski definition) is 1. The highest BCUT2D eigenvalue weighted by Crippen LogP contribution is 2.23. The van der Waals surface area contributed by atoms with Gasteiger partial charge in [-0.1, -0.05) is 13.3 Å². The van der Waals surface area contributed by atoms with Gasteiger partial charge in [0.2, 0.25) is 0 Å². The quantitative estimate of drug-likeness (QED) is 0.851. The second-order valence-electron chi connectivity index (χ2n) is 4.64. The van der Waals surface area contributed by atoms with Crippen LogP contribution in [0.3, 0.4) is 0 Å². The maximum Gasteiger partial charge on any atom is 0.0947 e. The first kappa shape index (κ1) is 11.7. The van der Waals surface area contributed by atoms with E-state index in [1.165, 1.54) is 18.4 Å². The topological polar surface area (TPSA) is 36.6 Å². The first-order chi connectivity index (χ1) is 7.81. The normalized spacial score (nSPS) is 24.5. The van der Waals surface area contributed by atoms with Crippen molar-refractivity contribution < 1.29 is 9.52 Å². The summed E-state index contributed by atoms with van der Waals surface area (Å²) in [5.74, 6) is 0. The van der Waals surface area contributed by atoms with Gasteiger partial charge in [0.1, 0.15) is 0 Å². The molecule has 1 aromatic rings. The Bertz CT molecular complexity index is 297. The maximum absolute atomic E-state index is 10.0. The van der Waals surface area contributed by atoms with Crippen molar-refractivity contribution in [2.45, 2.75) is 51.3 Å². The molecule has 1 aliphatic heterocycles. The molecule has 0 aliphatic carbocycles. The Morgan fingerprint density at radius 1 is 1.56 bits per heavy atom. The highest BCUT2D eigenvalue weighted by atomic mass is 16.3. The van der Waals surface area contributed by atoms with E-state index in [1.807, 2.05) is 6.07 Å². The molecule has 90 valence electrons. The van der Waals surface area contributed by atoms with Crippen molar-refractivity contribution in [3.63, 3.8) is 0 Å². The van der Waals surface area contributed by atoms with Crippen LogP contribution < -0.4 is 0 Å². The van der Waals surface area contributed by atoms with Gasteiger partial charge in [0.15, 0.2) is 0 Å². The molecular formula is C13H21NO2. The first-order valence-electron chi connectivity index (χ1n) is 6.24. The molecule has 16 heavy (non-hydrogen) atoms. The zero-order valence-electron chi connectivity index (χ0n) is 9.93. The molecule has 0 saturated carbocycles. The van der Waals surface area contributed by atoms with Gasteiger partial charge in [-0.3, -0.25) is 4.90 Å². The predicted octanol–water partition coefficient (Wildman–Crippen LogP) is 2.41. The zero-order chi connectivity index (χ0) is 11.4. The molecule has 0 bridgehead atoms. The summed E-state index contributed by atoms with van der Waals surface area (Å²) >= 11 is 0. The van der Waals surface area contributed by atoms with E-state index >= 15 is 0 Å². The Morgan fingerprint density at radius 3 is 3.12 bits per heavy atom. The van der Waals surface area contributed by atoms with Crippen LogP contribution in [0.2, 0.25) is 0 Å². The largest absolute Gasteiger partial charge is 0.472 e. The van der Waals surface area contributed by atoms with Gasteiger partial charge in [-0.2, -0.15) is 0 Å². The van der Waals surface area contributed by atoms with Crippen LogP contribution in [-0.4, -0.2) is 28.7 Å². The SMILES string of the molecule is CCC(O)C1CCCCN1Cc1ccoc1. The number of aliphatic hydroxyl groups excluding tert-OH is 1. The number of nitrogens with zero attached hydrogens (tertiary/aromatic N) is 1. The fourth-order valence-corrected chi connectivity index (χ4v) is 2.54. The summed E-state index contributed by atoms with van der Waals surface area (Å²) in [7, 11) is 0. The Morgan fingerprint density at radius 2 is 2.44 bits per heavy atom. The minimum absolute atomic E-state index is 0.188. The summed E-state index contributed by atoms with van der Waals surface area (Å²) < 4.78 is 5.09. The van der Waals surface area contributed by atoms with E-state index in [-0.39, 0.29) is 6.10 Å². The van der Waals surface area contributed by atoms with Gasteiger partial charge in [-0.15, -0.1) is 0 Å². The third kappa shape index (κ3) is 2.66. The second kappa shape index (κ2) is 5.51. The number of aliphatic hydroxyl groups is 1. The summed E-state index contributed by atoms with van der Waals surface area (Å²) in [6.07, 6.45) is 7.76. The summed E-state index contributed by atoms with van der Waals surface area (Å²) in [5, 5.41) is 10.0. The van der Waals surface area contributed by atoms with Crippen LogP contribution in [0.5, 0.6) is 0 Å². The van der Waals surface area contributed by atoms with Gasteiger partial charge in [0.05, 0.1) is 18.6 Å². The zero-order valence-corrected chi connectivity index (χ0v) is 9.93. The van der Waals surface area contributed by atoms with Crippen LogP contribution in [0.4, 0.5) is 0 Å². The van der Waals surface area contributed by atoms with Crippen molar-refractivity contribution in [1.29, 1.82) is 0 Å². The van der Waals surface area contributed by atoms with E-state index in [1.54, 1.807) is 12.5 Å². The van der Waals surface area contributed by atoms with E-state index in [4.69, 9.17) is 4.42 Å². The van der Waals surface area contributed by atoms with Crippen molar-refractivity contribution in [3.8, 4) is 0 Å². The predicted molar refractivity (Wildman–Crippen MR) is 63.1 cm³/mol. The third-order valence-corrected chi connectivity index (χ3v) is 3.49. The van der Waals surface area contributed by atoms with Crippen LogP contribution in [-0.2, 0) is 6.54 Å². The molecule has 0 aromatic carbocycles. The lowest BCUT2D eigenvalue weighted by atomic mass is 9.95. The fraction of sp³-hybridized carbons (Fsp3) is 0.692. The van der Waals surface area contributed by atoms with Crippen LogP contribution >= 0.6 is 0 Å². The number of likely N-dealkylation sites (tertiary alicyclic amines) is 1. The van der Waals surface area contributed by atoms with Crippen molar-refractivity contribution in [2.24, 2.45) is 0 Å². The lowest BCUT2D eigenvalue weighted by molar-refractivity contribution is 0.0194. The van der Waals surface area contributed by atoms with Gasteiger partial charge in [0, 0.05) is 18.2 Å². The Kier molecular flexibility index (Phi) is 4.02. The molecule has 1 aromatic heterocycles. The molecule has 2 rings (SSSR count). The third-order valence-electron chi connectivity index (χ3n) is 3.49. The van der Waals surface area contributed by atoms with E-state index in [0.29, 0.717) is 6.04 Å². The molecule has 1 N–H and O–H groups in total. The standard InChI is InChI=1S/C13H21NO2/c1-2-13(15)12-5-3-4-7-14(12)9-11-6-8-16-10-11/h6,8,10,12-13,15H,2-5,7,9H2,1H3. The van der Waals surface area contributed by atoms with Gasteiger partial charge in [-0.25, -0.2) is 0 Å². The molecular weight excluding hydrogens is 202 g/mol. The molecule has 3 heteroatoms. The number of hydrogen-bond acceptors (Lipinski definition) is 3. The van der Waals surface area contributed by atoms with E-state index in [2.05, 4.69) is 11.8 Å². The lowest BCUT2D eigenvalue weighted by Gasteiger charge is -2.38. The molecule has 0 spiro atoms. The van der Waals surface area contributed by atoms with Crippen LogP contribution in [0.25, 0.3) is 0 Å².